The van der Waals surface area contributed by atoms with E-state index in [9.17, 15) is 4.79 Å². The van der Waals surface area contributed by atoms with Crippen molar-refractivity contribution in [3.8, 4) is 0 Å². The highest BCUT2D eigenvalue weighted by Gasteiger charge is 2.26. The summed E-state index contributed by atoms with van der Waals surface area (Å²) >= 11 is 0. The number of carbonyl (C=O) groups is 1. The molecule has 11 heavy (non-hydrogen) atoms. The molecule has 4 N–H and O–H groups in total. The van der Waals surface area contributed by atoms with Crippen LogP contribution >= 0.6 is 0 Å². The zero-order chi connectivity index (χ0) is 9.02. The fourth-order valence-corrected chi connectivity index (χ4v) is 0.559. The molecule has 0 aromatic carbocycles. The van der Waals surface area contributed by atoms with Gasteiger partial charge in [0.15, 0.2) is 5.78 Å². The number of hydrogen-bond donors (Lipinski definition) is 4. The lowest BCUT2D eigenvalue weighted by atomic mass is 10.1. The third-order valence-electron chi connectivity index (χ3n) is 1.32. The largest absolute Gasteiger partial charge is 0.394 e. The number of ketones is 1. The van der Waals surface area contributed by atoms with E-state index in [-0.39, 0.29) is 0 Å². The van der Waals surface area contributed by atoms with Crippen LogP contribution in [0.4, 0.5) is 0 Å². The van der Waals surface area contributed by atoms with Gasteiger partial charge in [-0.3, -0.25) is 4.79 Å². The molecule has 0 heterocycles. The second kappa shape index (κ2) is 4.40. The summed E-state index contributed by atoms with van der Waals surface area (Å²) in [6, 6.07) is 0. The number of carbonyl (C=O) groups excluding carboxylic acids is 1. The molecule has 1 unspecified atom stereocenters. The van der Waals surface area contributed by atoms with Crippen LogP contribution in [0.1, 0.15) is 6.92 Å². The molecule has 0 aromatic heterocycles. The second-order valence-corrected chi connectivity index (χ2v) is 2.30. The minimum Gasteiger partial charge on any atom is -0.394 e. The summed E-state index contributed by atoms with van der Waals surface area (Å²) in [7, 11) is 0. The van der Waals surface area contributed by atoms with Gasteiger partial charge in [0.05, 0.1) is 6.61 Å². The fourth-order valence-electron chi connectivity index (χ4n) is 0.559. The first-order chi connectivity index (χ1) is 5.00. The van der Waals surface area contributed by atoms with Crippen molar-refractivity contribution in [1.82, 2.24) is 0 Å². The van der Waals surface area contributed by atoms with E-state index in [1.165, 1.54) is 0 Å². The first-order valence-corrected chi connectivity index (χ1v) is 3.16. The van der Waals surface area contributed by atoms with Gasteiger partial charge in [0.25, 0.3) is 0 Å². The van der Waals surface area contributed by atoms with E-state index >= 15 is 0 Å². The van der Waals surface area contributed by atoms with Crippen molar-refractivity contribution in [2.75, 3.05) is 6.61 Å². The summed E-state index contributed by atoms with van der Waals surface area (Å²) in [4.78, 5) is 10.4. The van der Waals surface area contributed by atoms with Gasteiger partial charge in [0.2, 0.25) is 0 Å². The predicted octanol–water partition coefficient (Wildman–Crippen LogP) is -2.35. The zero-order valence-corrected chi connectivity index (χ0v) is 6.14. The molecule has 0 bridgehead atoms. The Hall–Kier alpha value is -0.490. The molecule has 3 atom stereocenters. The molecule has 0 spiro atoms. The lowest BCUT2D eigenvalue weighted by molar-refractivity contribution is -0.137. The van der Waals surface area contributed by atoms with Gasteiger partial charge in [-0.05, 0) is 6.92 Å². The standard InChI is InChI=1S/C6H12O5/c1-3(8)5(10)6(11)4(9)2-7/h4-7,9-11H,2H2,1H3/t4?,5-,6+/m0/s1. The van der Waals surface area contributed by atoms with Gasteiger partial charge >= 0.3 is 0 Å². The number of aliphatic hydroxyl groups excluding tert-OH is 4. The molecular weight excluding hydrogens is 152 g/mol. The summed E-state index contributed by atoms with van der Waals surface area (Å²) in [6.45, 7) is 0.392. The van der Waals surface area contributed by atoms with Gasteiger partial charge in [-0.2, -0.15) is 0 Å². The van der Waals surface area contributed by atoms with Gasteiger partial charge in [0, 0.05) is 0 Å². The topological polar surface area (TPSA) is 98.0 Å². The molecule has 0 aliphatic heterocycles. The fraction of sp³-hybridized carbons (Fsp3) is 0.833. The molecule has 0 amide bonds. The monoisotopic (exact) mass is 164 g/mol. The van der Waals surface area contributed by atoms with Crippen molar-refractivity contribution in [2.45, 2.75) is 25.2 Å². The van der Waals surface area contributed by atoms with Crippen molar-refractivity contribution >= 4 is 5.78 Å². The van der Waals surface area contributed by atoms with Crippen LogP contribution < -0.4 is 0 Å². The highest BCUT2D eigenvalue weighted by Crippen LogP contribution is 2.00. The molecule has 5 heteroatoms. The second-order valence-electron chi connectivity index (χ2n) is 2.30. The van der Waals surface area contributed by atoms with Crippen LogP contribution in [0.25, 0.3) is 0 Å². The van der Waals surface area contributed by atoms with E-state index in [1.807, 2.05) is 0 Å². The summed E-state index contributed by atoms with van der Waals surface area (Å²) < 4.78 is 0. The van der Waals surface area contributed by atoms with Gasteiger partial charge in [-0.25, -0.2) is 0 Å². The summed E-state index contributed by atoms with van der Waals surface area (Å²) in [5, 5.41) is 34.7. The van der Waals surface area contributed by atoms with Gasteiger partial charge in [-0.1, -0.05) is 0 Å². The number of hydrogen-bond acceptors (Lipinski definition) is 5. The summed E-state index contributed by atoms with van der Waals surface area (Å²) in [6.07, 6.45) is -4.72. The van der Waals surface area contributed by atoms with Gasteiger partial charge < -0.3 is 20.4 Å². The predicted molar refractivity (Wildman–Crippen MR) is 35.8 cm³/mol. The maximum Gasteiger partial charge on any atom is 0.160 e. The van der Waals surface area contributed by atoms with Crippen LogP contribution in [-0.2, 0) is 4.79 Å². The maximum absolute atomic E-state index is 10.4. The molecule has 0 radical (unpaired) electrons. The van der Waals surface area contributed by atoms with Crippen LogP contribution in [0, 0.1) is 0 Å². The van der Waals surface area contributed by atoms with E-state index in [0.29, 0.717) is 0 Å². The Kier molecular flexibility index (Phi) is 4.20. The summed E-state index contributed by atoms with van der Waals surface area (Å²) in [5.41, 5.74) is 0. The van der Waals surface area contributed by atoms with Crippen LogP contribution in [0.2, 0.25) is 0 Å². The zero-order valence-electron chi connectivity index (χ0n) is 6.14. The van der Waals surface area contributed by atoms with Gasteiger partial charge in [-0.15, -0.1) is 0 Å². The third kappa shape index (κ3) is 2.94. The maximum atomic E-state index is 10.4. The lowest BCUT2D eigenvalue weighted by Gasteiger charge is -2.18. The third-order valence-corrected chi connectivity index (χ3v) is 1.32. The highest BCUT2D eigenvalue weighted by atomic mass is 16.4. The van der Waals surface area contributed by atoms with E-state index < -0.39 is 30.7 Å². The van der Waals surface area contributed by atoms with Crippen molar-refractivity contribution in [1.29, 1.82) is 0 Å². The normalized spacial score (nSPS) is 19.0. The van der Waals surface area contributed by atoms with E-state index in [4.69, 9.17) is 20.4 Å². The minimum atomic E-state index is -1.63. The molecule has 0 aliphatic carbocycles. The Labute approximate surface area is 63.9 Å². The Bertz CT molecular complexity index is 135. The molecule has 0 fully saturated rings. The van der Waals surface area contributed by atoms with Crippen LogP contribution in [0.3, 0.4) is 0 Å². The quantitative estimate of drug-likeness (QED) is 0.373. The molecule has 0 rings (SSSR count). The Morgan fingerprint density at radius 3 is 2.09 bits per heavy atom. The first-order valence-electron chi connectivity index (χ1n) is 3.16. The number of Topliss-reactive ketones (excluding diaryl/α,β-unsaturated/α-hetero) is 1. The van der Waals surface area contributed by atoms with Crippen molar-refractivity contribution in [3.05, 3.63) is 0 Å². The number of rotatable bonds is 4. The van der Waals surface area contributed by atoms with Gasteiger partial charge in [0.1, 0.15) is 18.3 Å². The minimum absolute atomic E-state index is 0.648. The van der Waals surface area contributed by atoms with Crippen LogP contribution in [-0.4, -0.2) is 51.1 Å². The molecule has 0 aromatic rings. The Balaban J connectivity index is 4.00. The molecular formula is C6H12O5. The van der Waals surface area contributed by atoms with Crippen LogP contribution in [0.15, 0.2) is 0 Å². The van der Waals surface area contributed by atoms with E-state index in [2.05, 4.69) is 0 Å². The Morgan fingerprint density at radius 1 is 1.36 bits per heavy atom. The molecule has 66 valence electrons. The van der Waals surface area contributed by atoms with Crippen molar-refractivity contribution in [2.24, 2.45) is 0 Å². The van der Waals surface area contributed by atoms with Crippen molar-refractivity contribution in [3.63, 3.8) is 0 Å². The molecule has 5 nitrogen and oxygen atoms in total. The Morgan fingerprint density at radius 2 is 1.82 bits per heavy atom. The smallest absolute Gasteiger partial charge is 0.160 e. The van der Waals surface area contributed by atoms with E-state index in [0.717, 1.165) is 6.92 Å². The average Bonchev–Trinajstić information content (AvgIpc) is 2.00. The molecule has 0 saturated carbocycles. The highest BCUT2D eigenvalue weighted by molar-refractivity contribution is 5.80. The van der Waals surface area contributed by atoms with E-state index in [1.54, 1.807) is 0 Å². The van der Waals surface area contributed by atoms with Crippen molar-refractivity contribution < 1.29 is 25.2 Å². The lowest BCUT2D eigenvalue weighted by Crippen LogP contribution is -2.42. The van der Waals surface area contributed by atoms with Crippen LogP contribution in [0.5, 0.6) is 0 Å². The SMILES string of the molecule is CC(=O)[C@H](O)[C@H](O)C(O)CO. The average molecular weight is 164 g/mol. The summed E-state index contributed by atoms with van der Waals surface area (Å²) in [5.74, 6) is -0.648. The first kappa shape index (κ1) is 10.5. The number of aliphatic hydroxyl groups is 4. The molecule has 0 aliphatic rings. The molecule has 0 saturated heterocycles.